The molecule has 0 spiro atoms. The van der Waals surface area contributed by atoms with Crippen LogP contribution in [-0.2, 0) is 9.54 Å². The van der Waals surface area contributed by atoms with E-state index in [0.717, 1.165) is 16.7 Å². The lowest BCUT2D eigenvalue weighted by Crippen LogP contribution is -2.31. The zero-order valence-corrected chi connectivity index (χ0v) is 14.4. The van der Waals surface area contributed by atoms with Gasteiger partial charge in [-0.25, -0.2) is 14.2 Å². The minimum Gasteiger partial charge on any atom is -0.480 e. The summed E-state index contributed by atoms with van der Waals surface area (Å²) in [5.74, 6) is -1.37. The first-order valence-electron chi connectivity index (χ1n) is 7.15. The van der Waals surface area contributed by atoms with Gasteiger partial charge in [-0.05, 0) is 41.3 Å². The first-order valence-corrected chi connectivity index (χ1v) is 8.48. The normalized spacial score (nSPS) is 13.5. The predicted molar refractivity (Wildman–Crippen MR) is 96.1 cm³/mol. The van der Waals surface area contributed by atoms with Crippen molar-refractivity contribution in [2.45, 2.75) is 11.7 Å². The van der Waals surface area contributed by atoms with Crippen LogP contribution in [0.2, 0.25) is 0 Å². The third-order valence-electron chi connectivity index (χ3n) is 3.85. The van der Waals surface area contributed by atoms with Crippen LogP contribution < -0.4 is 0 Å². The standard InChI is InChI=1S/C18H14FNO2S2/c1-11-10-13(18(23,17(21)22)16-20-8-9-24-16)4-7-15(11)12-2-5-14(19)6-3-12/h2-10,23H,1H3,(H,21,22). The molecule has 3 nitrogen and oxygen atoms in total. The van der Waals surface area contributed by atoms with Crippen LogP contribution >= 0.6 is 24.0 Å². The number of carboxylic acids is 1. The van der Waals surface area contributed by atoms with Gasteiger partial charge in [0.15, 0.2) is 4.75 Å². The number of halogens is 1. The molecular formula is C18H14FNO2S2. The van der Waals surface area contributed by atoms with Crippen molar-refractivity contribution in [1.29, 1.82) is 0 Å². The van der Waals surface area contributed by atoms with Gasteiger partial charge in [-0.3, -0.25) is 0 Å². The Morgan fingerprint density at radius 2 is 1.96 bits per heavy atom. The summed E-state index contributed by atoms with van der Waals surface area (Å²) in [6.45, 7) is 1.89. The highest BCUT2D eigenvalue weighted by Crippen LogP contribution is 2.39. The Bertz CT molecular complexity index is 879. The van der Waals surface area contributed by atoms with E-state index in [1.807, 2.05) is 13.0 Å². The van der Waals surface area contributed by atoms with E-state index in [4.69, 9.17) is 0 Å². The third kappa shape index (κ3) is 2.83. The molecule has 0 fully saturated rings. The second kappa shape index (κ2) is 6.37. The zero-order valence-electron chi connectivity index (χ0n) is 12.7. The molecule has 0 amide bonds. The van der Waals surface area contributed by atoms with Crippen molar-refractivity contribution in [2.75, 3.05) is 0 Å². The van der Waals surface area contributed by atoms with Gasteiger partial charge in [-0.2, -0.15) is 0 Å². The fraction of sp³-hybridized carbons (Fsp3) is 0.111. The lowest BCUT2D eigenvalue weighted by molar-refractivity contribution is -0.138. The number of hydrogen-bond acceptors (Lipinski definition) is 4. The number of carboxylic acid groups (broad SMARTS) is 1. The molecule has 0 bridgehead atoms. The van der Waals surface area contributed by atoms with Crippen LogP contribution in [-0.4, -0.2) is 16.1 Å². The van der Waals surface area contributed by atoms with Gasteiger partial charge in [0.1, 0.15) is 10.8 Å². The molecule has 24 heavy (non-hydrogen) atoms. The molecule has 0 radical (unpaired) electrons. The fourth-order valence-electron chi connectivity index (χ4n) is 2.58. The highest BCUT2D eigenvalue weighted by Gasteiger charge is 2.41. The van der Waals surface area contributed by atoms with Gasteiger partial charge >= 0.3 is 5.97 Å². The van der Waals surface area contributed by atoms with E-state index in [2.05, 4.69) is 17.6 Å². The molecule has 0 aliphatic rings. The first kappa shape index (κ1) is 16.7. The van der Waals surface area contributed by atoms with Gasteiger partial charge in [-0.1, -0.05) is 30.3 Å². The van der Waals surface area contributed by atoms with Gasteiger partial charge < -0.3 is 5.11 Å². The van der Waals surface area contributed by atoms with Gasteiger partial charge in [0, 0.05) is 11.6 Å². The van der Waals surface area contributed by atoms with Crippen molar-refractivity contribution < 1.29 is 14.3 Å². The Labute approximate surface area is 148 Å². The average Bonchev–Trinajstić information content (AvgIpc) is 3.09. The van der Waals surface area contributed by atoms with E-state index in [-0.39, 0.29) is 5.82 Å². The maximum Gasteiger partial charge on any atom is 0.331 e. The zero-order chi connectivity index (χ0) is 17.3. The van der Waals surface area contributed by atoms with E-state index >= 15 is 0 Å². The second-order valence-corrected chi connectivity index (χ2v) is 6.95. The van der Waals surface area contributed by atoms with Crippen molar-refractivity contribution in [3.63, 3.8) is 0 Å². The number of carbonyl (C=O) groups is 1. The van der Waals surface area contributed by atoms with E-state index in [1.54, 1.807) is 35.8 Å². The number of hydrogen-bond donors (Lipinski definition) is 2. The molecule has 2 aromatic carbocycles. The summed E-state index contributed by atoms with van der Waals surface area (Å²) < 4.78 is 11.6. The Hall–Kier alpha value is -2.18. The monoisotopic (exact) mass is 359 g/mol. The number of rotatable bonds is 4. The molecule has 0 aliphatic heterocycles. The van der Waals surface area contributed by atoms with Crippen molar-refractivity contribution in [3.05, 3.63) is 76.0 Å². The Kier molecular flexibility index (Phi) is 4.43. The topological polar surface area (TPSA) is 50.2 Å². The number of aliphatic carboxylic acids is 1. The molecule has 1 unspecified atom stereocenters. The van der Waals surface area contributed by atoms with Crippen LogP contribution in [0, 0.1) is 12.7 Å². The van der Waals surface area contributed by atoms with Crippen LogP contribution in [0.25, 0.3) is 11.1 Å². The molecule has 1 atom stereocenters. The van der Waals surface area contributed by atoms with Crippen molar-refractivity contribution >= 4 is 29.9 Å². The quantitative estimate of drug-likeness (QED) is 0.674. The maximum absolute atomic E-state index is 13.1. The molecule has 3 rings (SSSR count). The summed E-state index contributed by atoms with van der Waals surface area (Å²) >= 11 is 5.69. The highest BCUT2D eigenvalue weighted by atomic mass is 32.1. The minimum absolute atomic E-state index is 0.294. The van der Waals surface area contributed by atoms with Gasteiger partial charge in [0.25, 0.3) is 0 Å². The van der Waals surface area contributed by atoms with Gasteiger partial charge in [0.05, 0.1) is 0 Å². The SMILES string of the molecule is Cc1cc(C(S)(C(=O)O)c2nccs2)ccc1-c1ccc(F)cc1. The van der Waals surface area contributed by atoms with Crippen molar-refractivity contribution in [2.24, 2.45) is 0 Å². The lowest BCUT2D eigenvalue weighted by atomic mass is 9.92. The molecule has 3 aromatic rings. The molecule has 1 heterocycles. The van der Waals surface area contributed by atoms with Crippen molar-refractivity contribution in [3.8, 4) is 11.1 Å². The molecule has 0 aliphatic carbocycles. The van der Waals surface area contributed by atoms with Crippen molar-refractivity contribution in [1.82, 2.24) is 4.98 Å². The summed E-state index contributed by atoms with van der Waals surface area (Å²) in [5, 5.41) is 11.8. The fourth-order valence-corrected chi connectivity index (χ4v) is 3.69. The Balaban J connectivity index is 2.08. The van der Waals surface area contributed by atoms with Crippen LogP contribution in [0.5, 0.6) is 0 Å². The highest BCUT2D eigenvalue weighted by molar-refractivity contribution is 7.82. The molecule has 1 N–H and O–H groups in total. The molecule has 0 saturated heterocycles. The summed E-state index contributed by atoms with van der Waals surface area (Å²) in [5.41, 5.74) is 3.21. The average molecular weight is 359 g/mol. The second-order valence-electron chi connectivity index (χ2n) is 5.39. The van der Waals surface area contributed by atoms with E-state index in [0.29, 0.717) is 10.6 Å². The van der Waals surface area contributed by atoms with Crippen LogP contribution in [0.4, 0.5) is 4.39 Å². The number of benzene rings is 2. The van der Waals surface area contributed by atoms with Crippen LogP contribution in [0.1, 0.15) is 16.1 Å². The number of thiazole rings is 1. The molecule has 6 heteroatoms. The number of aromatic nitrogens is 1. The molecule has 0 saturated carbocycles. The smallest absolute Gasteiger partial charge is 0.331 e. The molecule has 122 valence electrons. The summed E-state index contributed by atoms with van der Waals surface area (Å²) in [6, 6.07) is 11.6. The van der Waals surface area contributed by atoms with Crippen LogP contribution in [0.15, 0.2) is 54.0 Å². The Morgan fingerprint density at radius 3 is 2.50 bits per heavy atom. The van der Waals surface area contributed by atoms with Gasteiger partial charge in [-0.15, -0.1) is 24.0 Å². The minimum atomic E-state index is -1.50. The van der Waals surface area contributed by atoms with Crippen LogP contribution in [0.3, 0.4) is 0 Å². The predicted octanol–water partition coefficient (Wildman–Crippen LogP) is 4.52. The first-order chi connectivity index (χ1) is 11.4. The van der Waals surface area contributed by atoms with Gasteiger partial charge in [0.2, 0.25) is 0 Å². The number of aryl methyl sites for hydroxylation is 1. The van der Waals surface area contributed by atoms with E-state index in [1.165, 1.54) is 23.5 Å². The summed E-state index contributed by atoms with van der Waals surface area (Å²) in [4.78, 5) is 16.0. The largest absolute Gasteiger partial charge is 0.480 e. The summed E-state index contributed by atoms with van der Waals surface area (Å²) in [7, 11) is 0. The lowest BCUT2D eigenvalue weighted by Gasteiger charge is -2.23. The van der Waals surface area contributed by atoms with E-state index < -0.39 is 10.7 Å². The number of thiol groups is 1. The molecular weight excluding hydrogens is 345 g/mol. The van der Waals surface area contributed by atoms with E-state index in [9.17, 15) is 14.3 Å². The third-order valence-corrected chi connectivity index (χ3v) is 5.56. The number of nitrogens with zero attached hydrogens (tertiary/aromatic N) is 1. The summed E-state index contributed by atoms with van der Waals surface area (Å²) in [6.07, 6.45) is 1.56. The maximum atomic E-state index is 13.1. The Morgan fingerprint density at radius 1 is 1.25 bits per heavy atom. The molecule has 1 aromatic heterocycles.